The molecule has 0 aromatic heterocycles. The maximum Gasteiger partial charge on any atom is 0.312 e. The quantitative estimate of drug-likeness (QED) is 0.148. The van der Waals surface area contributed by atoms with Crippen LogP contribution < -0.4 is 0 Å². The molecule has 0 radical (unpaired) electrons. The Kier molecular flexibility index (Phi) is 9.79. The molecule has 1 spiro atoms. The lowest BCUT2D eigenvalue weighted by atomic mass is 9.70. The van der Waals surface area contributed by atoms with E-state index in [-0.39, 0.29) is 35.3 Å². The Morgan fingerprint density at radius 3 is 2.47 bits per heavy atom. The van der Waals surface area contributed by atoms with Gasteiger partial charge in [0.05, 0.1) is 24.5 Å². The number of rotatable bonds is 13. The van der Waals surface area contributed by atoms with E-state index in [1.54, 1.807) is 17.9 Å². The van der Waals surface area contributed by atoms with Crippen LogP contribution in [0.1, 0.15) is 80.1 Å². The van der Waals surface area contributed by atoms with Crippen LogP contribution in [-0.4, -0.2) is 87.1 Å². The average Bonchev–Trinajstić information content (AvgIpc) is 3.39. The van der Waals surface area contributed by atoms with Gasteiger partial charge in [0, 0.05) is 30.1 Å². The molecule has 3 rings (SSSR count). The van der Waals surface area contributed by atoms with E-state index in [2.05, 4.69) is 57.1 Å². The Hall–Kier alpha value is -1.45. The molecular weight excluding hydrogens is 552 g/mol. The van der Waals surface area contributed by atoms with Crippen molar-refractivity contribution in [2.24, 2.45) is 17.3 Å². The van der Waals surface area contributed by atoms with Crippen LogP contribution in [0.2, 0.25) is 0 Å². The Morgan fingerprint density at radius 1 is 1.24 bits per heavy atom. The molecule has 216 valence electrons. The summed E-state index contributed by atoms with van der Waals surface area (Å²) in [6.45, 7) is 17.3. The first kappa shape index (κ1) is 31.1. The van der Waals surface area contributed by atoms with Crippen LogP contribution in [0, 0.1) is 17.3 Å². The normalized spacial score (nSPS) is 30.5. The van der Waals surface area contributed by atoms with Gasteiger partial charge < -0.3 is 24.4 Å². The third-order valence-electron chi connectivity index (χ3n) is 8.16. The number of alkyl halides is 1. The lowest BCUT2D eigenvalue weighted by Gasteiger charge is -2.45. The Morgan fingerprint density at radius 2 is 1.89 bits per heavy atom. The standard InChI is InChI=1S/C29H47BrN2O6/c1-8-14-32(28(6,7)18-27(3,4)5)25(35)23-29-17-19(30)22(38-29)20(26(36)37-9-2)21(29)24(34)31(23)15-12-10-11-13-16-33/h8,19-23,33H,1,9-18H2,2-7H3/t19?,20-,21+,22-,23-,29+/m1/s1. The number of carbonyl (C=O) groups excluding carboxylic acids is 3. The molecular formula is C29H47BrN2O6. The van der Waals surface area contributed by atoms with Crippen LogP contribution >= 0.6 is 15.9 Å². The van der Waals surface area contributed by atoms with Crippen molar-refractivity contribution in [2.75, 3.05) is 26.3 Å². The van der Waals surface area contributed by atoms with E-state index >= 15 is 0 Å². The third kappa shape index (κ3) is 5.85. The molecule has 3 aliphatic heterocycles. The van der Waals surface area contributed by atoms with Crippen molar-refractivity contribution in [1.82, 2.24) is 9.80 Å². The maximum absolute atomic E-state index is 14.6. The van der Waals surface area contributed by atoms with Crippen molar-refractivity contribution < 1.29 is 29.0 Å². The van der Waals surface area contributed by atoms with Gasteiger partial charge in [-0.1, -0.05) is 55.6 Å². The van der Waals surface area contributed by atoms with Crippen molar-refractivity contribution in [3.8, 4) is 0 Å². The maximum atomic E-state index is 14.6. The largest absolute Gasteiger partial charge is 0.466 e. The average molecular weight is 600 g/mol. The van der Waals surface area contributed by atoms with Gasteiger partial charge in [-0.25, -0.2) is 0 Å². The van der Waals surface area contributed by atoms with Gasteiger partial charge in [0.1, 0.15) is 11.6 Å². The van der Waals surface area contributed by atoms with Crippen LogP contribution in [0.15, 0.2) is 12.7 Å². The first-order valence-electron chi connectivity index (χ1n) is 14.1. The van der Waals surface area contributed by atoms with Crippen LogP contribution in [0.4, 0.5) is 0 Å². The van der Waals surface area contributed by atoms with Gasteiger partial charge in [-0.3, -0.25) is 14.4 Å². The molecule has 0 aromatic carbocycles. The lowest BCUT2D eigenvalue weighted by Crippen LogP contribution is -2.61. The summed E-state index contributed by atoms with van der Waals surface area (Å²) in [5.41, 5.74) is -1.62. The summed E-state index contributed by atoms with van der Waals surface area (Å²) in [6, 6.07) is -0.832. The number of amides is 2. The van der Waals surface area contributed by atoms with E-state index in [9.17, 15) is 14.4 Å². The fourth-order valence-electron chi connectivity index (χ4n) is 7.21. The number of unbranched alkanes of at least 4 members (excludes halogenated alkanes) is 3. The number of ether oxygens (including phenoxy) is 2. The van der Waals surface area contributed by atoms with Crippen molar-refractivity contribution in [3.05, 3.63) is 12.7 Å². The summed E-state index contributed by atoms with van der Waals surface area (Å²) >= 11 is 3.70. The van der Waals surface area contributed by atoms with Crippen molar-refractivity contribution in [2.45, 2.75) is 108 Å². The molecule has 3 saturated heterocycles. The molecule has 38 heavy (non-hydrogen) atoms. The summed E-state index contributed by atoms with van der Waals surface area (Å²) < 4.78 is 12.0. The smallest absolute Gasteiger partial charge is 0.312 e. The number of fused-ring (bicyclic) bond motifs is 1. The van der Waals surface area contributed by atoms with Crippen LogP contribution in [0.3, 0.4) is 0 Å². The molecule has 3 fully saturated rings. The number of aliphatic hydroxyl groups excluding tert-OH is 1. The first-order valence-corrected chi connectivity index (χ1v) is 15.0. The van der Waals surface area contributed by atoms with E-state index in [1.807, 2.05) is 4.90 Å². The summed E-state index contributed by atoms with van der Waals surface area (Å²) in [7, 11) is 0. The SMILES string of the molecule is C=CCN(C(=O)[C@H]1N(CCCCCCO)C(=O)[C@@H]2[C@@H](C(=O)OCC)[C@@H]3O[C@@]21CC3Br)C(C)(C)CC(C)(C)C. The monoisotopic (exact) mass is 598 g/mol. The Bertz CT molecular complexity index is 902. The zero-order valence-electron chi connectivity index (χ0n) is 24.0. The summed E-state index contributed by atoms with van der Waals surface area (Å²) in [5.74, 6) is -2.28. The summed E-state index contributed by atoms with van der Waals surface area (Å²) in [5, 5.41) is 9.14. The molecule has 2 bridgehead atoms. The molecule has 2 amide bonds. The number of hydrogen-bond donors (Lipinski definition) is 1. The van der Waals surface area contributed by atoms with Crippen LogP contribution in [-0.2, 0) is 23.9 Å². The zero-order valence-corrected chi connectivity index (χ0v) is 25.6. The number of likely N-dealkylation sites (tertiary alicyclic amines) is 1. The molecule has 3 heterocycles. The van der Waals surface area contributed by atoms with Gasteiger partial charge in [0.2, 0.25) is 11.8 Å². The highest BCUT2D eigenvalue weighted by Crippen LogP contribution is 2.60. The van der Waals surface area contributed by atoms with E-state index in [0.29, 0.717) is 32.4 Å². The number of hydrogen-bond acceptors (Lipinski definition) is 6. The molecule has 3 aliphatic rings. The minimum absolute atomic E-state index is 0.0276. The number of esters is 1. The van der Waals surface area contributed by atoms with Gasteiger partial charge in [-0.15, -0.1) is 6.58 Å². The number of aliphatic hydroxyl groups is 1. The highest BCUT2D eigenvalue weighted by Gasteiger charge is 2.77. The van der Waals surface area contributed by atoms with Crippen molar-refractivity contribution >= 4 is 33.7 Å². The van der Waals surface area contributed by atoms with E-state index < -0.39 is 41.1 Å². The van der Waals surface area contributed by atoms with Crippen LogP contribution in [0.5, 0.6) is 0 Å². The molecule has 1 N–H and O–H groups in total. The first-order chi connectivity index (χ1) is 17.8. The minimum Gasteiger partial charge on any atom is -0.466 e. The van der Waals surface area contributed by atoms with Crippen molar-refractivity contribution in [1.29, 1.82) is 0 Å². The predicted molar refractivity (Wildman–Crippen MR) is 150 cm³/mol. The van der Waals surface area contributed by atoms with Gasteiger partial charge in [0.15, 0.2) is 0 Å². The van der Waals surface area contributed by atoms with E-state index in [0.717, 1.165) is 19.3 Å². The third-order valence-corrected chi connectivity index (χ3v) is 9.01. The van der Waals surface area contributed by atoms with Gasteiger partial charge in [0.25, 0.3) is 0 Å². The van der Waals surface area contributed by atoms with E-state index in [4.69, 9.17) is 14.6 Å². The summed E-state index contributed by atoms with van der Waals surface area (Å²) in [6.07, 6.45) is 5.54. The van der Waals surface area contributed by atoms with Gasteiger partial charge in [-0.2, -0.15) is 0 Å². The molecule has 0 saturated carbocycles. The number of carbonyl (C=O) groups is 3. The Labute approximate surface area is 236 Å². The zero-order chi connectivity index (χ0) is 28.5. The lowest BCUT2D eigenvalue weighted by molar-refractivity contribution is -0.155. The second-order valence-electron chi connectivity index (χ2n) is 12.9. The fraction of sp³-hybridized carbons (Fsp3) is 0.828. The molecule has 0 aromatic rings. The highest BCUT2D eigenvalue weighted by molar-refractivity contribution is 9.09. The second-order valence-corrected chi connectivity index (χ2v) is 14.0. The molecule has 6 atom stereocenters. The van der Waals surface area contributed by atoms with Gasteiger partial charge in [-0.05, 0) is 51.9 Å². The Balaban J connectivity index is 2.03. The highest BCUT2D eigenvalue weighted by atomic mass is 79.9. The van der Waals surface area contributed by atoms with Crippen LogP contribution in [0.25, 0.3) is 0 Å². The van der Waals surface area contributed by atoms with Gasteiger partial charge >= 0.3 is 5.97 Å². The van der Waals surface area contributed by atoms with Crippen molar-refractivity contribution in [3.63, 3.8) is 0 Å². The molecule has 8 nitrogen and oxygen atoms in total. The molecule has 0 aliphatic carbocycles. The topological polar surface area (TPSA) is 96.4 Å². The van der Waals surface area contributed by atoms with E-state index in [1.165, 1.54) is 0 Å². The molecule has 1 unspecified atom stereocenters. The number of halogens is 1. The second kappa shape index (κ2) is 12.0. The number of nitrogens with zero attached hydrogens (tertiary/aromatic N) is 2. The fourth-order valence-corrected chi connectivity index (χ4v) is 8.15. The predicted octanol–water partition coefficient (Wildman–Crippen LogP) is 4.08. The molecule has 9 heteroatoms. The summed E-state index contributed by atoms with van der Waals surface area (Å²) in [4.78, 5) is 45.2. The minimum atomic E-state index is -1.09.